The van der Waals surface area contributed by atoms with Crippen molar-refractivity contribution in [2.45, 2.75) is 39.2 Å². The Kier molecular flexibility index (Phi) is 5.16. The molecule has 0 aliphatic heterocycles. The number of hydrogen-bond acceptors (Lipinski definition) is 1. The van der Waals surface area contributed by atoms with Crippen molar-refractivity contribution in [2.24, 2.45) is 5.73 Å². The van der Waals surface area contributed by atoms with Crippen molar-refractivity contribution < 1.29 is 4.79 Å². The fourth-order valence-corrected chi connectivity index (χ4v) is 3.96. The minimum Gasteiger partial charge on any atom is -0.366 e. The van der Waals surface area contributed by atoms with Crippen LogP contribution in [0.15, 0.2) is 60.7 Å². The summed E-state index contributed by atoms with van der Waals surface area (Å²) in [7, 11) is 0. The maximum absolute atomic E-state index is 12.1. The molecule has 0 saturated carbocycles. The first-order valence-corrected chi connectivity index (χ1v) is 9.98. The van der Waals surface area contributed by atoms with Crippen LogP contribution in [0.4, 0.5) is 0 Å². The van der Waals surface area contributed by atoms with Crippen molar-refractivity contribution in [3.05, 3.63) is 83.4 Å². The van der Waals surface area contributed by atoms with Crippen LogP contribution in [0.3, 0.4) is 0 Å². The van der Waals surface area contributed by atoms with Crippen LogP contribution in [-0.4, -0.2) is 10.5 Å². The van der Waals surface area contributed by atoms with Crippen LogP contribution >= 0.6 is 0 Å². The molecule has 0 aliphatic rings. The summed E-state index contributed by atoms with van der Waals surface area (Å²) in [6.45, 7) is 2.97. The molecule has 1 heterocycles. The highest BCUT2D eigenvalue weighted by Crippen LogP contribution is 2.33. The molecular formula is C25H25N2O. The minimum atomic E-state index is -0.398. The second kappa shape index (κ2) is 7.89. The van der Waals surface area contributed by atoms with Crippen LogP contribution in [0.1, 0.15) is 47.7 Å². The lowest BCUT2D eigenvalue weighted by Gasteiger charge is -2.09. The number of fused-ring (bicyclic) bond motifs is 3. The summed E-state index contributed by atoms with van der Waals surface area (Å²) in [5, 5.41) is 1.88. The molecule has 0 unspecified atom stereocenters. The Morgan fingerprint density at radius 2 is 1.82 bits per heavy atom. The Hall–Kier alpha value is -3.07. The molecule has 2 N–H and O–H groups in total. The third-order valence-corrected chi connectivity index (χ3v) is 5.37. The molecule has 4 aromatic rings. The van der Waals surface area contributed by atoms with Crippen molar-refractivity contribution in [3.63, 3.8) is 0 Å². The SMILES string of the molecule is CCCCCc1c[c]c2c3c(C(N)=O)cccc3n(Cc3ccccc3)c2c1. The van der Waals surface area contributed by atoms with E-state index in [9.17, 15) is 4.79 Å². The largest absolute Gasteiger partial charge is 0.366 e. The van der Waals surface area contributed by atoms with Crippen molar-refractivity contribution in [3.8, 4) is 0 Å². The third-order valence-electron chi connectivity index (χ3n) is 5.37. The maximum atomic E-state index is 12.1. The molecule has 3 aromatic carbocycles. The van der Waals surface area contributed by atoms with E-state index in [2.05, 4.69) is 60.0 Å². The van der Waals surface area contributed by atoms with Crippen molar-refractivity contribution in [1.82, 2.24) is 4.57 Å². The first kappa shape index (κ1) is 18.3. The zero-order valence-electron chi connectivity index (χ0n) is 16.2. The van der Waals surface area contributed by atoms with E-state index in [1.54, 1.807) is 6.07 Å². The Morgan fingerprint density at radius 1 is 1.00 bits per heavy atom. The zero-order chi connectivity index (χ0) is 19.5. The lowest BCUT2D eigenvalue weighted by molar-refractivity contribution is 0.100. The smallest absolute Gasteiger partial charge is 0.249 e. The summed E-state index contributed by atoms with van der Waals surface area (Å²) in [5.41, 5.74) is 10.9. The second-order valence-corrected chi connectivity index (χ2v) is 7.36. The number of carbonyl (C=O) groups excluding carboxylic acids is 1. The van der Waals surface area contributed by atoms with Gasteiger partial charge in [-0.15, -0.1) is 0 Å². The number of nitrogens with two attached hydrogens (primary N) is 1. The molecule has 141 valence electrons. The fourth-order valence-electron chi connectivity index (χ4n) is 3.96. The number of rotatable bonds is 7. The molecule has 1 aromatic heterocycles. The summed E-state index contributed by atoms with van der Waals surface area (Å²) >= 11 is 0. The topological polar surface area (TPSA) is 48.0 Å². The van der Waals surface area contributed by atoms with Gasteiger partial charge in [-0.3, -0.25) is 4.79 Å². The van der Waals surface area contributed by atoms with Crippen molar-refractivity contribution in [1.29, 1.82) is 0 Å². The van der Waals surface area contributed by atoms with Crippen molar-refractivity contribution in [2.75, 3.05) is 0 Å². The third kappa shape index (κ3) is 3.40. The van der Waals surface area contributed by atoms with Crippen LogP contribution in [0.2, 0.25) is 0 Å². The van der Waals surface area contributed by atoms with E-state index < -0.39 is 5.91 Å². The molecular weight excluding hydrogens is 344 g/mol. The van der Waals surface area contributed by atoms with Gasteiger partial charge in [-0.1, -0.05) is 62.2 Å². The molecule has 28 heavy (non-hydrogen) atoms. The number of nitrogens with zero attached hydrogens (tertiary/aromatic N) is 1. The summed E-state index contributed by atoms with van der Waals surface area (Å²) in [4.78, 5) is 12.1. The minimum absolute atomic E-state index is 0.398. The number of primary amides is 1. The predicted octanol–water partition coefficient (Wildman–Crippen LogP) is 5.47. The monoisotopic (exact) mass is 369 g/mol. The molecule has 0 atom stereocenters. The molecule has 3 heteroatoms. The van der Waals surface area contributed by atoms with Crippen LogP contribution in [0.5, 0.6) is 0 Å². The number of aromatic nitrogens is 1. The number of hydrogen-bond donors (Lipinski definition) is 1. The number of carbonyl (C=O) groups is 1. The van der Waals surface area contributed by atoms with Gasteiger partial charge >= 0.3 is 0 Å². The first-order chi connectivity index (χ1) is 13.7. The van der Waals surface area contributed by atoms with E-state index in [0.29, 0.717) is 5.56 Å². The molecule has 1 radical (unpaired) electrons. The molecule has 0 spiro atoms. The number of unbranched alkanes of at least 4 members (excludes halogenated alkanes) is 2. The Labute approximate surface area is 165 Å². The first-order valence-electron chi connectivity index (χ1n) is 9.98. The zero-order valence-corrected chi connectivity index (χ0v) is 16.2. The van der Waals surface area contributed by atoms with Crippen LogP contribution in [-0.2, 0) is 13.0 Å². The van der Waals surface area contributed by atoms with E-state index in [4.69, 9.17) is 5.73 Å². The average Bonchev–Trinajstić information content (AvgIpc) is 3.02. The molecule has 3 nitrogen and oxygen atoms in total. The van der Waals surface area contributed by atoms with Crippen LogP contribution in [0.25, 0.3) is 21.8 Å². The van der Waals surface area contributed by atoms with Gasteiger partial charge in [-0.05, 0) is 48.2 Å². The van der Waals surface area contributed by atoms with Crippen LogP contribution < -0.4 is 5.73 Å². The predicted molar refractivity (Wildman–Crippen MR) is 116 cm³/mol. The van der Waals surface area contributed by atoms with E-state index >= 15 is 0 Å². The highest BCUT2D eigenvalue weighted by molar-refractivity contribution is 6.17. The average molecular weight is 369 g/mol. The second-order valence-electron chi connectivity index (χ2n) is 7.36. The van der Waals surface area contributed by atoms with Gasteiger partial charge in [0, 0.05) is 22.9 Å². The van der Waals surface area contributed by atoms with Gasteiger partial charge in [-0.2, -0.15) is 0 Å². The van der Waals surface area contributed by atoms with Gasteiger partial charge < -0.3 is 10.3 Å². The quantitative estimate of drug-likeness (QED) is 0.431. The Morgan fingerprint density at radius 3 is 2.57 bits per heavy atom. The molecule has 4 rings (SSSR count). The number of amides is 1. The number of aryl methyl sites for hydroxylation is 1. The summed E-state index contributed by atoms with van der Waals surface area (Å²) < 4.78 is 2.28. The fraction of sp³-hybridized carbons (Fsp3) is 0.240. The Balaban J connectivity index is 1.92. The van der Waals surface area contributed by atoms with E-state index in [1.165, 1.54) is 30.4 Å². The van der Waals surface area contributed by atoms with Gasteiger partial charge in [-0.25, -0.2) is 0 Å². The standard InChI is InChI=1S/C25H25N2O/c1-2-3-5-9-18-14-15-20-23(16-18)27(17-19-10-6-4-7-11-19)22-13-8-12-21(24(20)22)25(26)28/h4,6-8,10-14,16H,2-3,5,9,17H2,1H3,(H2,26,28). The highest BCUT2D eigenvalue weighted by atomic mass is 16.1. The molecule has 0 fully saturated rings. The molecule has 1 amide bonds. The van der Waals surface area contributed by atoms with E-state index in [-0.39, 0.29) is 0 Å². The molecule has 0 bridgehead atoms. The summed E-state index contributed by atoms with van der Waals surface area (Å²) in [6, 6.07) is 24.0. The van der Waals surface area contributed by atoms with E-state index in [1.807, 2.05) is 12.1 Å². The van der Waals surface area contributed by atoms with Crippen LogP contribution in [0, 0.1) is 6.07 Å². The lowest BCUT2D eigenvalue weighted by Crippen LogP contribution is -2.11. The van der Waals surface area contributed by atoms with Gasteiger partial charge in [0.2, 0.25) is 5.91 Å². The van der Waals surface area contributed by atoms with Gasteiger partial charge in [0.25, 0.3) is 0 Å². The lowest BCUT2D eigenvalue weighted by atomic mass is 10.0. The normalized spacial score (nSPS) is 11.3. The van der Waals surface area contributed by atoms with Crippen molar-refractivity contribution >= 4 is 27.7 Å². The molecule has 0 saturated heterocycles. The van der Waals surface area contributed by atoms with E-state index in [0.717, 1.165) is 34.8 Å². The molecule has 0 aliphatic carbocycles. The van der Waals surface area contributed by atoms with Gasteiger partial charge in [0.15, 0.2) is 0 Å². The maximum Gasteiger partial charge on any atom is 0.249 e. The summed E-state index contributed by atoms with van der Waals surface area (Å²) in [6.07, 6.45) is 4.68. The highest BCUT2D eigenvalue weighted by Gasteiger charge is 2.17. The van der Waals surface area contributed by atoms with Gasteiger partial charge in [0.1, 0.15) is 0 Å². The van der Waals surface area contributed by atoms with Gasteiger partial charge in [0.05, 0.1) is 11.0 Å². The Bertz CT molecular complexity index is 1130. The summed E-state index contributed by atoms with van der Waals surface area (Å²) in [5.74, 6) is -0.398. The number of benzene rings is 3.